The number of nitriles is 1. The van der Waals surface area contributed by atoms with Crippen molar-refractivity contribution in [3.8, 4) is 6.07 Å². The van der Waals surface area contributed by atoms with Crippen molar-refractivity contribution in [2.75, 3.05) is 0 Å². The van der Waals surface area contributed by atoms with Crippen LogP contribution in [0.1, 0.15) is 43.7 Å². The molecule has 0 unspecified atom stereocenters. The van der Waals surface area contributed by atoms with E-state index in [1.807, 2.05) is 23.1 Å². The molecule has 0 N–H and O–H groups in total. The maximum atomic E-state index is 8.77. The summed E-state index contributed by atoms with van der Waals surface area (Å²) < 4.78 is 2.89. The zero-order chi connectivity index (χ0) is 13.2. The van der Waals surface area contributed by atoms with Crippen molar-refractivity contribution in [1.82, 2.24) is 14.6 Å². The van der Waals surface area contributed by atoms with Gasteiger partial charge >= 0.3 is 0 Å². The maximum absolute atomic E-state index is 8.77. The lowest BCUT2D eigenvalue weighted by Gasteiger charge is -2.27. The number of aromatic nitrogens is 3. The molecule has 1 aliphatic rings. The van der Waals surface area contributed by atoms with Crippen LogP contribution in [-0.4, -0.2) is 14.6 Å². The number of halogens is 1. The molecular weight excluding hydrogens is 304 g/mol. The van der Waals surface area contributed by atoms with Crippen LogP contribution in [0.3, 0.4) is 0 Å². The lowest BCUT2D eigenvalue weighted by Crippen LogP contribution is -2.14. The fourth-order valence-corrected chi connectivity index (χ4v) is 3.48. The fourth-order valence-electron chi connectivity index (χ4n) is 3.00. The highest BCUT2D eigenvalue weighted by molar-refractivity contribution is 9.10. The Hall–Kier alpha value is -1.41. The van der Waals surface area contributed by atoms with E-state index in [1.165, 1.54) is 0 Å². The minimum absolute atomic E-state index is 0.492. The van der Waals surface area contributed by atoms with Gasteiger partial charge in [-0.25, -0.2) is 4.52 Å². The lowest BCUT2D eigenvalue weighted by atomic mass is 9.79. The smallest absolute Gasteiger partial charge is 0.102 e. The quantitative estimate of drug-likeness (QED) is 0.848. The van der Waals surface area contributed by atoms with Crippen molar-refractivity contribution in [2.24, 2.45) is 5.92 Å². The summed E-state index contributed by atoms with van der Waals surface area (Å²) in [7, 11) is 0. The SMILES string of the molecule is N#CCC1CCC(c2nccn3ncc(Br)c23)CC1. The average Bonchev–Trinajstić information content (AvgIpc) is 2.82. The average molecular weight is 319 g/mol. The molecule has 0 atom stereocenters. The van der Waals surface area contributed by atoms with Gasteiger partial charge in [-0.2, -0.15) is 10.4 Å². The van der Waals surface area contributed by atoms with Gasteiger partial charge in [0.2, 0.25) is 0 Å². The summed E-state index contributed by atoms with van der Waals surface area (Å²) in [6.07, 6.45) is 10.7. The predicted molar refractivity (Wildman–Crippen MR) is 75.6 cm³/mol. The molecule has 0 radical (unpaired) electrons. The van der Waals surface area contributed by atoms with Gasteiger partial charge in [0.1, 0.15) is 5.52 Å². The van der Waals surface area contributed by atoms with E-state index in [9.17, 15) is 0 Å². The van der Waals surface area contributed by atoms with Gasteiger partial charge < -0.3 is 0 Å². The number of hydrogen-bond acceptors (Lipinski definition) is 3. The van der Waals surface area contributed by atoms with Crippen molar-refractivity contribution in [3.05, 3.63) is 28.8 Å². The first-order valence-corrected chi connectivity index (χ1v) is 7.43. The molecule has 2 aromatic heterocycles. The molecule has 4 nitrogen and oxygen atoms in total. The molecule has 98 valence electrons. The molecule has 2 aromatic rings. The first-order valence-electron chi connectivity index (χ1n) is 6.64. The van der Waals surface area contributed by atoms with E-state index >= 15 is 0 Å². The van der Waals surface area contributed by atoms with E-state index in [-0.39, 0.29) is 0 Å². The Labute approximate surface area is 120 Å². The Bertz CT molecular complexity index is 620. The molecule has 1 saturated carbocycles. The Morgan fingerprint density at radius 2 is 2.16 bits per heavy atom. The third-order valence-corrected chi connectivity index (χ3v) is 4.61. The third-order valence-electron chi connectivity index (χ3n) is 4.03. The fraction of sp³-hybridized carbons (Fsp3) is 0.500. The molecule has 2 heterocycles. The van der Waals surface area contributed by atoms with Gasteiger partial charge in [-0.1, -0.05) is 0 Å². The van der Waals surface area contributed by atoms with Crippen molar-refractivity contribution in [3.63, 3.8) is 0 Å². The highest BCUT2D eigenvalue weighted by Crippen LogP contribution is 2.38. The second-order valence-corrected chi connectivity index (χ2v) is 6.03. The van der Waals surface area contributed by atoms with Crippen LogP contribution in [0.25, 0.3) is 5.52 Å². The Balaban J connectivity index is 1.86. The first-order chi connectivity index (χ1) is 9.29. The van der Waals surface area contributed by atoms with Crippen molar-refractivity contribution in [1.29, 1.82) is 5.26 Å². The van der Waals surface area contributed by atoms with Crippen molar-refractivity contribution >= 4 is 21.4 Å². The summed E-state index contributed by atoms with van der Waals surface area (Å²) in [5.41, 5.74) is 2.23. The van der Waals surface area contributed by atoms with Gasteiger partial charge in [-0.15, -0.1) is 0 Å². The van der Waals surface area contributed by atoms with E-state index < -0.39 is 0 Å². The molecule has 5 heteroatoms. The van der Waals surface area contributed by atoms with Gasteiger partial charge in [0.05, 0.1) is 22.4 Å². The normalized spacial score (nSPS) is 23.4. The van der Waals surface area contributed by atoms with Crippen LogP contribution in [0.2, 0.25) is 0 Å². The molecule has 19 heavy (non-hydrogen) atoms. The molecule has 1 aliphatic carbocycles. The van der Waals surface area contributed by atoms with Crippen LogP contribution in [-0.2, 0) is 0 Å². The molecule has 3 rings (SSSR count). The van der Waals surface area contributed by atoms with Crippen LogP contribution in [0.5, 0.6) is 0 Å². The molecular formula is C14H15BrN4. The predicted octanol–water partition coefficient (Wildman–Crippen LogP) is 3.68. The Morgan fingerprint density at radius 1 is 1.37 bits per heavy atom. The van der Waals surface area contributed by atoms with E-state index in [4.69, 9.17) is 5.26 Å². The van der Waals surface area contributed by atoms with E-state index in [1.54, 1.807) is 0 Å². The van der Waals surface area contributed by atoms with Gasteiger partial charge in [0, 0.05) is 24.7 Å². The lowest BCUT2D eigenvalue weighted by molar-refractivity contribution is 0.328. The van der Waals surface area contributed by atoms with Crippen LogP contribution in [0.15, 0.2) is 23.1 Å². The van der Waals surface area contributed by atoms with E-state index in [2.05, 4.69) is 32.1 Å². The number of fused-ring (bicyclic) bond motifs is 1. The molecule has 0 bridgehead atoms. The minimum Gasteiger partial charge on any atom is -0.257 e. The molecule has 0 spiro atoms. The maximum Gasteiger partial charge on any atom is 0.102 e. The second kappa shape index (κ2) is 5.30. The second-order valence-electron chi connectivity index (χ2n) is 5.18. The summed E-state index contributed by atoms with van der Waals surface area (Å²) in [4.78, 5) is 4.58. The van der Waals surface area contributed by atoms with Crippen molar-refractivity contribution < 1.29 is 0 Å². The molecule has 0 aromatic carbocycles. The number of hydrogen-bond donors (Lipinski definition) is 0. The van der Waals surface area contributed by atoms with Crippen molar-refractivity contribution in [2.45, 2.75) is 38.0 Å². The van der Waals surface area contributed by atoms with Crippen LogP contribution >= 0.6 is 15.9 Å². The van der Waals surface area contributed by atoms with Gasteiger partial charge in [-0.05, 0) is 47.5 Å². The zero-order valence-corrected chi connectivity index (χ0v) is 12.2. The largest absolute Gasteiger partial charge is 0.257 e. The monoisotopic (exact) mass is 318 g/mol. The standard InChI is InChI=1S/C14H15BrN4/c15-12-9-18-19-8-7-17-13(14(12)19)11-3-1-10(2-4-11)5-6-16/h7-11H,1-5H2. The molecule has 0 amide bonds. The zero-order valence-electron chi connectivity index (χ0n) is 10.6. The Morgan fingerprint density at radius 3 is 2.89 bits per heavy atom. The summed E-state index contributed by atoms with van der Waals surface area (Å²) in [6.45, 7) is 0. The number of nitrogens with zero attached hydrogens (tertiary/aromatic N) is 4. The summed E-state index contributed by atoms with van der Waals surface area (Å²) >= 11 is 3.55. The van der Waals surface area contributed by atoms with Gasteiger partial charge in [0.15, 0.2) is 0 Å². The van der Waals surface area contributed by atoms with Gasteiger partial charge in [-0.3, -0.25) is 4.98 Å². The summed E-state index contributed by atoms with van der Waals surface area (Å²) in [5, 5.41) is 13.1. The highest BCUT2D eigenvalue weighted by Gasteiger charge is 2.25. The molecule has 0 saturated heterocycles. The van der Waals surface area contributed by atoms with E-state index in [0.717, 1.165) is 41.4 Å². The topological polar surface area (TPSA) is 54.0 Å². The van der Waals surface area contributed by atoms with Gasteiger partial charge in [0.25, 0.3) is 0 Å². The highest BCUT2D eigenvalue weighted by atomic mass is 79.9. The summed E-state index contributed by atoms with van der Waals surface area (Å²) in [6, 6.07) is 2.29. The third kappa shape index (κ3) is 2.37. The van der Waals surface area contributed by atoms with Crippen LogP contribution in [0.4, 0.5) is 0 Å². The minimum atomic E-state index is 0.492. The molecule has 1 fully saturated rings. The van der Waals surface area contributed by atoms with E-state index in [0.29, 0.717) is 18.3 Å². The molecule has 0 aliphatic heterocycles. The van der Waals surface area contributed by atoms with Crippen LogP contribution < -0.4 is 0 Å². The Kier molecular flexibility index (Phi) is 3.52. The summed E-state index contributed by atoms with van der Waals surface area (Å²) in [5.74, 6) is 1.07. The van der Waals surface area contributed by atoms with Crippen LogP contribution in [0, 0.1) is 17.2 Å². The first kappa shape index (κ1) is 12.6. The number of rotatable bonds is 2.